The van der Waals surface area contributed by atoms with E-state index in [-0.39, 0.29) is 11.6 Å². The molecule has 0 bridgehead atoms. The Morgan fingerprint density at radius 2 is 1.07 bits per heavy atom. The maximum absolute atomic E-state index is 13.2. The molecule has 3 rings (SSSR count). The first-order chi connectivity index (χ1) is 13.5. The highest BCUT2D eigenvalue weighted by molar-refractivity contribution is 7.95. The average molecular weight is 472 g/mol. The summed E-state index contributed by atoms with van der Waals surface area (Å²) in [6, 6.07) is 4.78. The number of carbonyl (C=O) groups excluding carboxylic acids is 2. The van der Waals surface area contributed by atoms with Crippen LogP contribution in [0.4, 0.5) is 26.3 Å². The van der Waals surface area contributed by atoms with Crippen LogP contribution in [0, 0.1) is 0 Å². The molecule has 0 aromatic heterocycles. The minimum atomic E-state index is -6.80. The van der Waals surface area contributed by atoms with Gasteiger partial charge in [0.25, 0.3) is 19.7 Å². The van der Waals surface area contributed by atoms with Gasteiger partial charge in [-0.05, 0) is 12.1 Å². The molecule has 0 unspecified atom stereocenters. The summed E-state index contributed by atoms with van der Waals surface area (Å²) >= 11 is 0. The number of carbonyl (C=O) groups is 2. The Bertz CT molecular complexity index is 1320. The van der Waals surface area contributed by atoms with Crippen molar-refractivity contribution in [3.8, 4) is 0 Å². The van der Waals surface area contributed by atoms with Gasteiger partial charge in [0.1, 0.15) is 4.90 Å². The number of hydrogen-bond donors (Lipinski definition) is 0. The lowest BCUT2D eigenvalue weighted by Crippen LogP contribution is -2.33. The molecule has 0 radical (unpaired) electrons. The number of benzene rings is 2. The van der Waals surface area contributed by atoms with E-state index in [4.69, 9.17) is 0 Å². The van der Waals surface area contributed by atoms with Crippen molar-refractivity contribution >= 4 is 31.2 Å². The number of rotatable bonds is 2. The van der Waals surface area contributed by atoms with Crippen molar-refractivity contribution in [1.82, 2.24) is 0 Å². The highest BCUT2D eigenvalue weighted by Crippen LogP contribution is 2.43. The SMILES string of the molecule is O=C1c2ccccc2C(=O)c2c1ccc(S(=O)(=O)C(F)(F)F)c2S(=O)(=O)C(F)(F)F. The monoisotopic (exact) mass is 472 g/mol. The fraction of sp³-hybridized carbons (Fsp3) is 0.125. The van der Waals surface area contributed by atoms with Gasteiger partial charge in [0.05, 0.1) is 10.5 Å². The van der Waals surface area contributed by atoms with Crippen LogP contribution in [-0.4, -0.2) is 39.4 Å². The van der Waals surface area contributed by atoms with Gasteiger partial charge in [0.15, 0.2) is 11.6 Å². The third-order valence-electron chi connectivity index (χ3n) is 4.18. The summed E-state index contributed by atoms with van der Waals surface area (Å²) in [5.41, 5.74) is -15.9. The molecule has 0 N–H and O–H groups in total. The molecule has 0 saturated carbocycles. The van der Waals surface area contributed by atoms with Gasteiger partial charge in [-0.3, -0.25) is 9.59 Å². The first-order valence-corrected chi connectivity index (χ1v) is 10.5. The Morgan fingerprint density at radius 1 is 0.600 bits per heavy atom. The summed E-state index contributed by atoms with van der Waals surface area (Å²) in [4.78, 5) is 20.5. The van der Waals surface area contributed by atoms with Crippen LogP contribution < -0.4 is 0 Å². The van der Waals surface area contributed by atoms with Crippen LogP contribution in [-0.2, 0) is 19.7 Å². The predicted octanol–water partition coefficient (Wildman–Crippen LogP) is 3.05. The Hall–Kier alpha value is -2.74. The summed E-state index contributed by atoms with van der Waals surface area (Å²) < 4.78 is 126. The van der Waals surface area contributed by atoms with Crippen molar-refractivity contribution in [2.24, 2.45) is 0 Å². The highest BCUT2D eigenvalue weighted by atomic mass is 32.2. The first kappa shape index (κ1) is 22.0. The number of sulfone groups is 2. The largest absolute Gasteiger partial charge is 0.501 e. The van der Waals surface area contributed by atoms with E-state index in [0.29, 0.717) is 6.07 Å². The molecule has 30 heavy (non-hydrogen) atoms. The van der Waals surface area contributed by atoms with Crippen LogP contribution in [0.3, 0.4) is 0 Å². The van der Waals surface area contributed by atoms with Crippen molar-refractivity contribution in [2.45, 2.75) is 20.8 Å². The number of alkyl halides is 6. The van der Waals surface area contributed by atoms with Gasteiger partial charge < -0.3 is 0 Å². The Kier molecular flexibility index (Phi) is 4.67. The van der Waals surface area contributed by atoms with E-state index in [1.807, 2.05) is 0 Å². The van der Waals surface area contributed by atoms with Gasteiger partial charge in [-0.2, -0.15) is 26.3 Å². The molecule has 0 saturated heterocycles. The van der Waals surface area contributed by atoms with Crippen molar-refractivity contribution in [3.63, 3.8) is 0 Å². The minimum absolute atomic E-state index is 0.0839. The third-order valence-corrected chi connectivity index (χ3v) is 7.41. The quantitative estimate of drug-likeness (QED) is 0.532. The van der Waals surface area contributed by atoms with Gasteiger partial charge in [0.2, 0.25) is 0 Å². The average Bonchev–Trinajstić information content (AvgIpc) is 2.63. The van der Waals surface area contributed by atoms with Gasteiger partial charge in [-0.15, -0.1) is 0 Å². The minimum Gasteiger partial charge on any atom is -0.289 e. The molecular formula is C16H6F6O6S2. The number of hydrogen-bond acceptors (Lipinski definition) is 6. The van der Waals surface area contributed by atoms with E-state index in [1.54, 1.807) is 0 Å². The Labute approximate surface area is 164 Å². The number of ketones is 2. The highest BCUT2D eigenvalue weighted by Gasteiger charge is 2.56. The molecular weight excluding hydrogens is 466 g/mol. The van der Waals surface area contributed by atoms with Gasteiger partial charge in [-0.25, -0.2) is 16.8 Å². The summed E-state index contributed by atoms with van der Waals surface area (Å²) in [7, 11) is -13.4. The molecule has 0 heterocycles. The molecule has 6 nitrogen and oxygen atoms in total. The lowest BCUT2D eigenvalue weighted by Gasteiger charge is -2.23. The van der Waals surface area contributed by atoms with Crippen LogP contribution in [0.2, 0.25) is 0 Å². The van der Waals surface area contributed by atoms with Crippen molar-refractivity contribution in [3.05, 3.63) is 58.7 Å². The van der Waals surface area contributed by atoms with Gasteiger partial charge >= 0.3 is 11.0 Å². The van der Waals surface area contributed by atoms with Crippen LogP contribution in [0.1, 0.15) is 31.8 Å². The van der Waals surface area contributed by atoms with E-state index in [9.17, 15) is 52.8 Å². The third kappa shape index (κ3) is 2.93. The second-order valence-corrected chi connectivity index (χ2v) is 9.71. The smallest absolute Gasteiger partial charge is 0.289 e. The molecule has 14 heteroatoms. The number of halogens is 6. The van der Waals surface area contributed by atoms with Crippen LogP contribution in [0.5, 0.6) is 0 Å². The second-order valence-electron chi connectivity index (χ2n) is 5.92. The van der Waals surface area contributed by atoms with E-state index < -0.39 is 68.7 Å². The maximum Gasteiger partial charge on any atom is 0.501 e. The second kappa shape index (κ2) is 6.38. The van der Waals surface area contributed by atoms with Crippen LogP contribution in [0.25, 0.3) is 0 Å². The van der Waals surface area contributed by atoms with Crippen LogP contribution in [0.15, 0.2) is 46.2 Å². The van der Waals surface area contributed by atoms with Crippen LogP contribution >= 0.6 is 0 Å². The Morgan fingerprint density at radius 3 is 1.53 bits per heavy atom. The zero-order valence-electron chi connectivity index (χ0n) is 14.0. The fourth-order valence-electron chi connectivity index (χ4n) is 2.86. The van der Waals surface area contributed by atoms with E-state index in [0.717, 1.165) is 12.1 Å². The molecule has 0 atom stereocenters. The summed E-state index contributed by atoms with van der Waals surface area (Å²) in [6.07, 6.45) is 0. The molecule has 0 spiro atoms. The number of fused-ring (bicyclic) bond motifs is 2. The lowest BCUT2D eigenvalue weighted by atomic mass is 9.84. The Balaban J connectivity index is 2.56. The van der Waals surface area contributed by atoms with E-state index >= 15 is 0 Å². The molecule has 1 aliphatic carbocycles. The zero-order valence-corrected chi connectivity index (χ0v) is 15.6. The van der Waals surface area contributed by atoms with Crippen molar-refractivity contribution in [1.29, 1.82) is 0 Å². The predicted molar refractivity (Wildman–Crippen MR) is 86.2 cm³/mol. The lowest BCUT2D eigenvalue weighted by molar-refractivity contribution is -0.0456. The summed E-state index contributed by atoms with van der Waals surface area (Å²) in [5, 5.41) is 0. The van der Waals surface area contributed by atoms with Crippen molar-refractivity contribution < 1.29 is 52.8 Å². The molecule has 1 aliphatic rings. The first-order valence-electron chi connectivity index (χ1n) is 7.51. The standard InChI is InChI=1S/C16H6F6O6S2/c17-15(18,19)29(25,26)10-6-5-9-11(14(10)30(27,28)16(20,21)22)13(24)8-4-2-1-3-7(8)12(9)23/h1-6H. The normalized spacial score (nSPS) is 15.0. The van der Waals surface area contributed by atoms with Gasteiger partial charge in [-0.1, -0.05) is 24.3 Å². The zero-order chi connectivity index (χ0) is 22.9. The van der Waals surface area contributed by atoms with Gasteiger partial charge in [0, 0.05) is 16.7 Å². The topological polar surface area (TPSA) is 102 Å². The maximum atomic E-state index is 13.2. The molecule has 2 aromatic carbocycles. The fourth-order valence-corrected chi connectivity index (χ4v) is 5.39. The molecule has 0 amide bonds. The molecule has 0 aliphatic heterocycles. The summed E-state index contributed by atoms with van der Waals surface area (Å²) in [5.74, 6) is -2.70. The van der Waals surface area contributed by atoms with Crippen molar-refractivity contribution in [2.75, 3.05) is 0 Å². The molecule has 0 fully saturated rings. The molecule has 160 valence electrons. The van der Waals surface area contributed by atoms with E-state index in [1.165, 1.54) is 12.1 Å². The summed E-state index contributed by atoms with van der Waals surface area (Å²) in [6.45, 7) is 0. The van der Waals surface area contributed by atoms with E-state index in [2.05, 4.69) is 0 Å². The molecule has 2 aromatic rings.